The van der Waals surface area contributed by atoms with Crippen molar-refractivity contribution in [3.05, 3.63) is 35.9 Å². The maximum Gasteiger partial charge on any atom is 0.303 e. The fraction of sp³-hybridized carbons (Fsp3) is 0.611. The van der Waals surface area contributed by atoms with Gasteiger partial charge in [0, 0.05) is 19.0 Å². The summed E-state index contributed by atoms with van der Waals surface area (Å²) in [6.45, 7) is 4.37. The highest BCUT2D eigenvalue weighted by Crippen LogP contribution is 2.18. The van der Waals surface area contributed by atoms with E-state index in [0.29, 0.717) is 12.5 Å². The Bertz CT molecular complexity index is 442. The number of rotatable bonds is 8. The molecule has 0 amide bonds. The maximum absolute atomic E-state index is 10.5. The normalized spacial score (nSPS) is 17.0. The van der Waals surface area contributed by atoms with E-state index in [0.717, 1.165) is 39.0 Å². The molecule has 1 saturated heterocycles. The molecule has 1 N–H and O–H groups in total. The number of piperidine rings is 1. The molecule has 1 fully saturated rings. The van der Waals surface area contributed by atoms with Gasteiger partial charge in [-0.2, -0.15) is 0 Å². The van der Waals surface area contributed by atoms with Crippen LogP contribution in [0.5, 0.6) is 0 Å². The van der Waals surface area contributed by atoms with E-state index < -0.39 is 5.97 Å². The molecule has 1 aliphatic heterocycles. The largest absolute Gasteiger partial charge is 0.481 e. The van der Waals surface area contributed by atoms with Gasteiger partial charge < -0.3 is 10.0 Å². The van der Waals surface area contributed by atoms with Crippen LogP contribution < -0.4 is 0 Å². The van der Waals surface area contributed by atoms with E-state index in [1.807, 2.05) is 0 Å². The summed E-state index contributed by atoms with van der Waals surface area (Å²) in [7, 11) is 2.18. The van der Waals surface area contributed by atoms with E-state index in [1.165, 1.54) is 18.4 Å². The molecular weight excluding hydrogens is 276 g/mol. The third-order valence-corrected chi connectivity index (χ3v) is 4.58. The average molecular weight is 304 g/mol. The molecular formula is C18H28N2O2. The zero-order valence-electron chi connectivity index (χ0n) is 13.6. The summed E-state index contributed by atoms with van der Waals surface area (Å²) in [6, 6.07) is 11.3. The minimum absolute atomic E-state index is 0.295. The van der Waals surface area contributed by atoms with E-state index in [2.05, 4.69) is 47.2 Å². The Morgan fingerprint density at radius 3 is 2.55 bits per heavy atom. The lowest BCUT2D eigenvalue weighted by Gasteiger charge is -2.36. The van der Waals surface area contributed by atoms with Crippen molar-refractivity contribution in [3.8, 4) is 0 Å². The van der Waals surface area contributed by atoms with Crippen molar-refractivity contribution in [2.75, 3.05) is 26.7 Å². The van der Waals surface area contributed by atoms with Crippen LogP contribution in [-0.2, 0) is 11.3 Å². The monoisotopic (exact) mass is 304 g/mol. The highest BCUT2D eigenvalue weighted by atomic mass is 16.4. The van der Waals surface area contributed by atoms with Crippen LogP contribution >= 0.6 is 0 Å². The van der Waals surface area contributed by atoms with Crippen LogP contribution in [0.1, 0.15) is 37.7 Å². The van der Waals surface area contributed by atoms with Crippen LogP contribution in [-0.4, -0.2) is 53.6 Å². The van der Waals surface area contributed by atoms with Crippen LogP contribution in [0, 0.1) is 0 Å². The number of carboxylic acids is 1. The van der Waals surface area contributed by atoms with E-state index in [9.17, 15) is 4.79 Å². The first-order chi connectivity index (χ1) is 10.6. The van der Waals surface area contributed by atoms with E-state index in [4.69, 9.17) is 5.11 Å². The molecule has 1 aromatic carbocycles. The molecule has 0 unspecified atom stereocenters. The Kier molecular flexibility index (Phi) is 6.87. The van der Waals surface area contributed by atoms with Crippen LogP contribution in [0.15, 0.2) is 30.3 Å². The number of carbonyl (C=O) groups is 1. The van der Waals surface area contributed by atoms with Crippen LogP contribution in [0.4, 0.5) is 0 Å². The quantitative estimate of drug-likeness (QED) is 0.750. The minimum atomic E-state index is -0.683. The second kappa shape index (κ2) is 8.91. The Labute approximate surface area is 133 Å². The average Bonchev–Trinajstić information content (AvgIpc) is 2.53. The molecule has 0 aliphatic carbocycles. The molecule has 0 spiro atoms. The summed E-state index contributed by atoms with van der Waals surface area (Å²) in [5, 5.41) is 8.66. The van der Waals surface area contributed by atoms with Crippen LogP contribution in [0.3, 0.4) is 0 Å². The van der Waals surface area contributed by atoms with Crippen LogP contribution in [0.2, 0.25) is 0 Å². The predicted molar refractivity (Wildman–Crippen MR) is 88.9 cm³/mol. The van der Waals surface area contributed by atoms with Gasteiger partial charge >= 0.3 is 5.97 Å². The summed E-state index contributed by atoms with van der Waals surface area (Å²) in [6.07, 6.45) is 4.48. The zero-order chi connectivity index (χ0) is 15.8. The van der Waals surface area contributed by atoms with Crippen molar-refractivity contribution in [2.24, 2.45) is 0 Å². The standard InChI is InChI=1S/C18H28N2O2/c1-19(12-6-5-9-18(21)22)17-10-13-20(14-11-17)15-16-7-3-2-4-8-16/h2-4,7-8,17H,5-6,9-15H2,1H3,(H,21,22). The Morgan fingerprint density at radius 2 is 1.91 bits per heavy atom. The molecule has 0 aromatic heterocycles. The minimum Gasteiger partial charge on any atom is -0.481 e. The second-order valence-electron chi connectivity index (χ2n) is 6.32. The van der Waals surface area contributed by atoms with Crippen LogP contribution in [0.25, 0.3) is 0 Å². The lowest BCUT2D eigenvalue weighted by atomic mass is 10.0. The third kappa shape index (κ3) is 5.78. The smallest absolute Gasteiger partial charge is 0.303 e. The molecule has 0 bridgehead atoms. The maximum atomic E-state index is 10.5. The number of unbranched alkanes of at least 4 members (excludes halogenated alkanes) is 1. The molecule has 4 heteroatoms. The van der Waals surface area contributed by atoms with Crippen molar-refractivity contribution >= 4 is 5.97 Å². The molecule has 0 saturated carbocycles. The van der Waals surface area contributed by atoms with Gasteiger partial charge in [0.2, 0.25) is 0 Å². The Hall–Kier alpha value is -1.39. The summed E-state index contributed by atoms with van der Waals surface area (Å²) < 4.78 is 0. The topological polar surface area (TPSA) is 43.8 Å². The number of benzene rings is 1. The molecule has 1 aromatic rings. The molecule has 0 atom stereocenters. The number of likely N-dealkylation sites (tertiary alicyclic amines) is 1. The van der Waals surface area contributed by atoms with Gasteiger partial charge in [0.1, 0.15) is 0 Å². The summed E-state index contributed by atoms with van der Waals surface area (Å²) in [5.41, 5.74) is 1.39. The van der Waals surface area contributed by atoms with Crippen molar-refractivity contribution in [2.45, 2.75) is 44.7 Å². The van der Waals surface area contributed by atoms with Gasteiger partial charge in [-0.25, -0.2) is 0 Å². The lowest BCUT2D eigenvalue weighted by molar-refractivity contribution is -0.137. The third-order valence-electron chi connectivity index (χ3n) is 4.58. The van der Waals surface area contributed by atoms with Gasteiger partial charge in [0.05, 0.1) is 0 Å². The molecule has 1 aliphatic rings. The summed E-state index contributed by atoms with van der Waals surface area (Å²) >= 11 is 0. The van der Waals surface area contributed by atoms with Crippen molar-refractivity contribution < 1.29 is 9.90 Å². The van der Waals surface area contributed by atoms with E-state index in [1.54, 1.807) is 0 Å². The fourth-order valence-corrected chi connectivity index (χ4v) is 3.18. The van der Waals surface area contributed by atoms with Gasteiger partial charge in [-0.3, -0.25) is 9.69 Å². The van der Waals surface area contributed by atoms with E-state index in [-0.39, 0.29) is 0 Å². The van der Waals surface area contributed by atoms with E-state index >= 15 is 0 Å². The highest BCUT2D eigenvalue weighted by molar-refractivity contribution is 5.66. The Balaban J connectivity index is 1.64. The number of hydrogen-bond acceptors (Lipinski definition) is 3. The molecule has 1 heterocycles. The predicted octanol–water partition coefficient (Wildman–Crippen LogP) is 2.84. The van der Waals surface area contributed by atoms with Crippen molar-refractivity contribution in [1.29, 1.82) is 0 Å². The summed E-state index contributed by atoms with van der Waals surface area (Å²) in [4.78, 5) is 15.5. The van der Waals surface area contributed by atoms with Crippen molar-refractivity contribution in [1.82, 2.24) is 9.80 Å². The fourth-order valence-electron chi connectivity index (χ4n) is 3.18. The first kappa shape index (κ1) is 17.0. The molecule has 122 valence electrons. The molecule has 0 radical (unpaired) electrons. The second-order valence-corrected chi connectivity index (χ2v) is 6.32. The Morgan fingerprint density at radius 1 is 1.23 bits per heavy atom. The number of aliphatic carboxylic acids is 1. The number of carboxylic acid groups (broad SMARTS) is 1. The number of hydrogen-bond donors (Lipinski definition) is 1. The SMILES string of the molecule is CN(CCCCC(=O)O)C1CCN(Cc2ccccc2)CC1. The van der Waals surface area contributed by atoms with Gasteiger partial charge in [0.15, 0.2) is 0 Å². The lowest BCUT2D eigenvalue weighted by Crippen LogP contribution is -2.43. The van der Waals surface area contributed by atoms with Gasteiger partial charge in [-0.05, 0) is 57.9 Å². The van der Waals surface area contributed by atoms with Gasteiger partial charge in [-0.15, -0.1) is 0 Å². The first-order valence-electron chi connectivity index (χ1n) is 8.33. The van der Waals surface area contributed by atoms with Gasteiger partial charge in [0.25, 0.3) is 0 Å². The molecule has 22 heavy (non-hydrogen) atoms. The summed E-state index contributed by atoms with van der Waals surface area (Å²) in [5.74, 6) is -0.683. The highest BCUT2D eigenvalue weighted by Gasteiger charge is 2.22. The number of nitrogens with zero attached hydrogens (tertiary/aromatic N) is 2. The zero-order valence-corrected chi connectivity index (χ0v) is 13.6. The molecule has 2 rings (SSSR count). The first-order valence-corrected chi connectivity index (χ1v) is 8.33. The molecule has 4 nitrogen and oxygen atoms in total. The van der Waals surface area contributed by atoms with Gasteiger partial charge in [-0.1, -0.05) is 30.3 Å². The van der Waals surface area contributed by atoms with Crippen molar-refractivity contribution in [3.63, 3.8) is 0 Å².